The number of Topliss-reactive ketones (excluding diaryl/α,β-unsaturated/α-hetero) is 1. The van der Waals surface area contributed by atoms with Crippen molar-refractivity contribution in [1.29, 1.82) is 0 Å². The lowest BCUT2D eigenvalue weighted by atomic mass is 9.80. The van der Waals surface area contributed by atoms with Gasteiger partial charge in [0.15, 0.2) is 12.0 Å². The number of carbonyl (C=O) groups excluding carboxylic acids is 3. The number of ketones is 1. The molecule has 1 heterocycles. The molecule has 2 amide bonds. The SMILES string of the molecule is CC1(C)C2CN(C(=O)C(NC3CCCCC3)C3CCCCC3)C(C(=O)NC(CC3CCC3)C(=O)C(N)O)[C@@H]21. The Hall–Kier alpha value is -1.51. The second-order valence-corrected chi connectivity index (χ2v) is 13.7. The van der Waals surface area contributed by atoms with Crippen molar-refractivity contribution in [2.45, 2.75) is 134 Å². The first kappa shape index (κ1) is 28.0. The molecular formula is C30H50N4O4. The Morgan fingerprint density at radius 3 is 2.16 bits per heavy atom. The molecule has 1 saturated heterocycles. The van der Waals surface area contributed by atoms with Gasteiger partial charge in [-0.2, -0.15) is 0 Å². The normalized spacial score (nSPS) is 32.1. The van der Waals surface area contributed by atoms with Gasteiger partial charge in [-0.1, -0.05) is 71.6 Å². The number of hydrogen-bond donors (Lipinski definition) is 4. The van der Waals surface area contributed by atoms with E-state index in [1.165, 1.54) is 25.7 Å². The third-order valence-corrected chi connectivity index (χ3v) is 10.9. The van der Waals surface area contributed by atoms with Gasteiger partial charge >= 0.3 is 0 Å². The van der Waals surface area contributed by atoms with Crippen LogP contribution in [0.25, 0.3) is 0 Å². The number of rotatable bonds is 10. The van der Waals surface area contributed by atoms with Crippen LogP contribution in [-0.4, -0.2) is 64.5 Å². The molecule has 5 unspecified atom stereocenters. The van der Waals surface area contributed by atoms with E-state index in [0.717, 1.165) is 57.8 Å². The van der Waals surface area contributed by atoms with Crippen molar-refractivity contribution in [2.75, 3.05) is 6.54 Å². The van der Waals surface area contributed by atoms with Gasteiger partial charge in [0.05, 0.1) is 12.1 Å². The van der Waals surface area contributed by atoms with Crippen LogP contribution >= 0.6 is 0 Å². The Kier molecular flexibility index (Phi) is 8.51. The summed E-state index contributed by atoms with van der Waals surface area (Å²) in [5.41, 5.74) is 5.55. The maximum atomic E-state index is 14.3. The number of piperidine rings is 1. The molecule has 0 aromatic heterocycles. The maximum Gasteiger partial charge on any atom is 0.243 e. The summed E-state index contributed by atoms with van der Waals surface area (Å²) in [7, 11) is 0. The molecule has 5 N–H and O–H groups in total. The Morgan fingerprint density at radius 1 is 0.947 bits per heavy atom. The van der Waals surface area contributed by atoms with Crippen molar-refractivity contribution in [3.63, 3.8) is 0 Å². The third kappa shape index (κ3) is 5.68. The summed E-state index contributed by atoms with van der Waals surface area (Å²) in [4.78, 5) is 42.8. The summed E-state index contributed by atoms with van der Waals surface area (Å²) in [5.74, 6) is 0.352. The van der Waals surface area contributed by atoms with Crippen LogP contribution in [0.2, 0.25) is 0 Å². The monoisotopic (exact) mass is 530 g/mol. The molecule has 0 aromatic rings. The molecule has 5 aliphatic rings. The fourth-order valence-corrected chi connectivity index (χ4v) is 8.16. The van der Waals surface area contributed by atoms with Crippen LogP contribution in [0.3, 0.4) is 0 Å². The third-order valence-electron chi connectivity index (χ3n) is 10.9. The topological polar surface area (TPSA) is 125 Å². The molecule has 0 radical (unpaired) electrons. The molecule has 5 fully saturated rings. The molecule has 214 valence electrons. The summed E-state index contributed by atoms with van der Waals surface area (Å²) in [6, 6.07) is -1.25. The highest BCUT2D eigenvalue weighted by molar-refractivity contribution is 5.96. The van der Waals surface area contributed by atoms with Crippen LogP contribution < -0.4 is 16.4 Å². The van der Waals surface area contributed by atoms with Gasteiger partial charge in [-0.15, -0.1) is 0 Å². The minimum Gasteiger partial charge on any atom is -0.371 e. The van der Waals surface area contributed by atoms with Gasteiger partial charge in [0.1, 0.15) is 6.04 Å². The Morgan fingerprint density at radius 2 is 1.58 bits per heavy atom. The number of hydrogen-bond acceptors (Lipinski definition) is 6. The van der Waals surface area contributed by atoms with E-state index < -0.39 is 24.1 Å². The molecule has 0 spiro atoms. The van der Waals surface area contributed by atoms with Gasteiger partial charge in [-0.05, 0) is 61.2 Å². The first-order valence-corrected chi connectivity index (χ1v) is 15.5. The molecule has 6 atom stereocenters. The number of carbonyl (C=O) groups is 3. The van der Waals surface area contributed by atoms with E-state index in [9.17, 15) is 19.5 Å². The van der Waals surface area contributed by atoms with Gasteiger partial charge < -0.3 is 20.6 Å². The number of aliphatic hydroxyl groups is 1. The van der Waals surface area contributed by atoms with Crippen molar-refractivity contribution in [2.24, 2.45) is 34.8 Å². The summed E-state index contributed by atoms with van der Waals surface area (Å²) >= 11 is 0. The van der Waals surface area contributed by atoms with Gasteiger partial charge in [-0.3, -0.25) is 20.1 Å². The van der Waals surface area contributed by atoms with E-state index in [-0.39, 0.29) is 29.2 Å². The number of nitrogens with one attached hydrogen (secondary N) is 2. The van der Waals surface area contributed by atoms with Crippen LogP contribution in [0.1, 0.15) is 104 Å². The molecule has 5 rings (SSSR count). The molecule has 0 bridgehead atoms. The molecule has 8 nitrogen and oxygen atoms in total. The van der Waals surface area contributed by atoms with Crippen molar-refractivity contribution >= 4 is 17.6 Å². The average Bonchev–Trinajstić information content (AvgIpc) is 3.21. The number of aliphatic hydroxyl groups excluding tert-OH is 1. The van der Waals surface area contributed by atoms with Crippen molar-refractivity contribution in [3.8, 4) is 0 Å². The van der Waals surface area contributed by atoms with E-state index in [2.05, 4.69) is 24.5 Å². The Balaban J connectivity index is 1.35. The predicted octanol–water partition coefficient (Wildman–Crippen LogP) is 2.86. The lowest BCUT2D eigenvalue weighted by molar-refractivity contribution is -0.144. The van der Waals surface area contributed by atoms with Crippen molar-refractivity contribution < 1.29 is 19.5 Å². The molecule has 4 saturated carbocycles. The van der Waals surface area contributed by atoms with E-state index >= 15 is 0 Å². The number of amides is 2. The number of nitrogens with zero attached hydrogens (tertiary/aromatic N) is 1. The van der Waals surface area contributed by atoms with E-state index in [1.54, 1.807) is 0 Å². The maximum absolute atomic E-state index is 14.3. The van der Waals surface area contributed by atoms with Crippen LogP contribution in [0.5, 0.6) is 0 Å². The van der Waals surface area contributed by atoms with Crippen LogP contribution in [-0.2, 0) is 14.4 Å². The largest absolute Gasteiger partial charge is 0.371 e. The zero-order valence-electron chi connectivity index (χ0n) is 23.5. The highest BCUT2D eigenvalue weighted by Crippen LogP contribution is 2.65. The van der Waals surface area contributed by atoms with Crippen molar-refractivity contribution in [3.05, 3.63) is 0 Å². The highest BCUT2D eigenvalue weighted by Gasteiger charge is 2.69. The van der Waals surface area contributed by atoms with Crippen LogP contribution in [0.15, 0.2) is 0 Å². The highest BCUT2D eigenvalue weighted by atomic mass is 16.3. The molecule has 4 aliphatic carbocycles. The molecule has 1 aliphatic heterocycles. The zero-order valence-corrected chi connectivity index (χ0v) is 23.5. The first-order chi connectivity index (χ1) is 18.2. The van der Waals surface area contributed by atoms with Crippen LogP contribution in [0, 0.1) is 29.1 Å². The quantitative estimate of drug-likeness (QED) is 0.322. The minimum atomic E-state index is -1.61. The molecule has 0 aromatic carbocycles. The fraction of sp³-hybridized carbons (Fsp3) is 0.900. The summed E-state index contributed by atoms with van der Waals surface area (Å²) in [6.07, 6.45) is 13.7. The van der Waals surface area contributed by atoms with Gasteiger partial charge in [0.2, 0.25) is 11.8 Å². The summed E-state index contributed by atoms with van der Waals surface area (Å²) < 4.78 is 0. The lowest BCUT2D eigenvalue weighted by Crippen LogP contribution is -2.60. The minimum absolute atomic E-state index is 0.00319. The van der Waals surface area contributed by atoms with Gasteiger partial charge in [-0.25, -0.2) is 0 Å². The Bertz CT molecular complexity index is 875. The first-order valence-electron chi connectivity index (χ1n) is 15.5. The zero-order chi connectivity index (χ0) is 27.0. The predicted molar refractivity (Wildman–Crippen MR) is 146 cm³/mol. The van der Waals surface area contributed by atoms with Gasteiger partial charge in [0, 0.05) is 12.6 Å². The average molecular weight is 531 g/mol. The fourth-order valence-electron chi connectivity index (χ4n) is 8.16. The van der Waals surface area contributed by atoms with Crippen molar-refractivity contribution in [1.82, 2.24) is 15.5 Å². The van der Waals surface area contributed by atoms with E-state index in [0.29, 0.717) is 36.8 Å². The van der Waals surface area contributed by atoms with E-state index in [4.69, 9.17) is 5.73 Å². The second-order valence-electron chi connectivity index (χ2n) is 13.7. The van der Waals surface area contributed by atoms with Gasteiger partial charge in [0.25, 0.3) is 0 Å². The second kappa shape index (κ2) is 11.5. The number of likely N-dealkylation sites (tertiary alicyclic amines) is 1. The van der Waals surface area contributed by atoms with Crippen LogP contribution in [0.4, 0.5) is 0 Å². The summed E-state index contributed by atoms with van der Waals surface area (Å²) in [5, 5.41) is 16.6. The lowest BCUT2D eigenvalue weighted by Gasteiger charge is -2.39. The molecule has 38 heavy (non-hydrogen) atoms. The molecular weight excluding hydrogens is 480 g/mol. The standard InChI is InChI=1S/C30H50N4O4/c1-30(2)21-17-34(29(38)24(19-12-5-3-6-13-19)32-20-14-7-4-8-15-20)25(23(21)30)28(37)33-22(26(35)27(31)36)16-18-10-9-11-18/h18-25,27,32,36H,3-17,31H2,1-2H3,(H,33,37)/t21?,22?,23-,24?,25?,27?/m1/s1. The smallest absolute Gasteiger partial charge is 0.243 e. The van der Waals surface area contributed by atoms with E-state index in [1.807, 2.05) is 4.90 Å². The number of nitrogens with two attached hydrogens (primary N) is 1. The molecule has 8 heteroatoms. The summed E-state index contributed by atoms with van der Waals surface area (Å²) in [6.45, 7) is 4.97. The number of fused-ring (bicyclic) bond motifs is 1. The Labute approximate surface area is 228 Å².